The molecule has 130 valence electrons. The predicted molar refractivity (Wildman–Crippen MR) is 108 cm³/mol. The fourth-order valence-corrected chi connectivity index (χ4v) is 2.67. The van der Waals surface area contributed by atoms with Gasteiger partial charge in [-0.25, -0.2) is 9.97 Å². The SMILES string of the molecule is C=CCc1c(C)nc(-c2ccccc2)nc1N/N=C(/C)c1ccccc1. The first kappa shape index (κ1) is 17.5. The Labute approximate surface area is 154 Å². The summed E-state index contributed by atoms with van der Waals surface area (Å²) in [7, 11) is 0. The molecule has 0 saturated carbocycles. The van der Waals surface area contributed by atoms with Gasteiger partial charge >= 0.3 is 0 Å². The second-order valence-electron chi connectivity index (χ2n) is 5.99. The van der Waals surface area contributed by atoms with Crippen LogP contribution in [-0.4, -0.2) is 15.7 Å². The van der Waals surface area contributed by atoms with Gasteiger partial charge in [-0.3, -0.25) is 5.43 Å². The van der Waals surface area contributed by atoms with E-state index in [0.29, 0.717) is 18.1 Å². The number of rotatable bonds is 6. The van der Waals surface area contributed by atoms with Gasteiger partial charge in [0, 0.05) is 16.8 Å². The highest BCUT2D eigenvalue weighted by atomic mass is 15.3. The van der Waals surface area contributed by atoms with E-state index < -0.39 is 0 Å². The summed E-state index contributed by atoms with van der Waals surface area (Å²) in [5, 5.41) is 4.53. The maximum absolute atomic E-state index is 4.71. The molecule has 3 rings (SSSR count). The Morgan fingerprint density at radius 3 is 2.35 bits per heavy atom. The summed E-state index contributed by atoms with van der Waals surface area (Å²) < 4.78 is 0. The van der Waals surface area contributed by atoms with Gasteiger partial charge in [-0.2, -0.15) is 5.10 Å². The maximum atomic E-state index is 4.71. The Morgan fingerprint density at radius 1 is 1.04 bits per heavy atom. The molecule has 0 spiro atoms. The first-order valence-corrected chi connectivity index (χ1v) is 8.58. The highest BCUT2D eigenvalue weighted by Crippen LogP contribution is 2.23. The van der Waals surface area contributed by atoms with Crippen molar-refractivity contribution < 1.29 is 0 Å². The lowest BCUT2D eigenvalue weighted by molar-refractivity contribution is 1.03. The van der Waals surface area contributed by atoms with Gasteiger partial charge in [0.05, 0.1) is 5.71 Å². The lowest BCUT2D eigenvalue weighted by Crippen LogP contribution is -2.07. The van der Waals surface area contributed by atoms with Crippen LogP contribution < -0.4 is 5.43 Å². The number of aryl methyl sites for hydroxylation is 1. The highest BCUT2D eigenvalue weighted by Gasteiger charge is 2.12. The number of allylic oxidation sites excluding steroid dienone is 1. The fraction of sp³-hybridized carbons (Fsp3) is 0.136. The molecule has 0 amide bonds. The standard InChI is InChI=1S/C22H22N4/c1-4-11-20-17(3)23-21(19-14-9-6-10-15-19)24-22(20)26-25-16(2)18-12-7-5-8-13-18/h4-10,12-15H,1,11H2,2-3H3,(H,23,24,26)/b25-16-. The van der Waals surface area contributed by atoms with Gasteiger partial charge in [-0.15, -0.1) is 6.58 Å². The number of anilines is 1. The van der Waals surface area contributed by atoms with Gasteiger partial charge < -0.3 is 0 Å². The summed E-state index contributed by atoms with van der Waals surface area (Å²) in [4.78, 5) is 9.37. The molecule has 3 aromatic rings. The topological polar surface area (TPSA) is 50.2 Å². The van der Waals surface area contributed by atoms with Gasteiger partial charge in [0.15, 0.2) is 11.6 Å². The van der Waals surface area contributed by atoms with E-state index in [9.17, 15) is 0 Å². The lowest BCUT2D eigenvalue weighted by atomic mass is 10.1. The van der Waals surface area contributed by atoms with Gasteiger partial charge in [-0.1, -0.05) is 66.7 Å². The van der Waals surface area contributed by atoms with Crippen LogP contribution in [0.4, 0.5) is 5.82 Å². The number of nitrogens with zero attached hydrogens (tertiary/aromatic N) is 3. The van der Waals surface area contributed by atoms with E-state index in [1.807, 2.05) is 80.6 Å². The molecule has 2 aromatic carbocycles. The summed E-state index contributed by atoms with van der Waals surface area (Å²) in [6.45, 7) is 7.81. The van der Waals surface area contributed by atoms with Gasteiger partial charge in [0.2, 0.25) is 0 Å². The average molecular weight is 342 g/mol. The highest BCUT2D eigenvalue weighted by molar-refractivity contribution is 5.99. The number of benzene rings is 2. The molecule has 0 fully saturated rings. The van der Waals surface area contributed by atoms with E-state index in [0.717, 1.165) is 28.1 Å². The van der Waals surface area contributed by atoms with Gasteiger partial charge in [0.25, 0.3) is 0 Å². The van der Waals surface area contributed by atoms with Crippen LogP contribution in [0, 0.1) is 6.92 Å². The third-order valence-electron chi connectivity index (χ3n) is 4.12. The van der Waals surface area contributed by atoms with E-state index in [1.165, 1.54) is 0 Å². The van der Waals surface area contributed by atoms with Crippen molar-refractivity contribution in [3.63, 3.8) is 0 Å². The first-order chi connectivity index (χ1) is 12.7. The molecule has 0 aliphatic rings. The largest absolute Gasteiger partial charge is 0.261 e. The Kier molecular flexibility index (Phi) is 5.54. The molecule has 1 heterocycles. The van der Waals surface area contributed by atoms with Crippen molar-refractivity contribution in [1.29, 1.82) is 0 Å². The van der Waals surface area contributed by atoms with E-state index in [1.54, 1.807) is 0 Å². The summed E-state index contributed by atoms with van der Waals surface area (Å²) in [5.74, 6) is 1.40. The Hall–Kier alpha value is -3.27. The molecular weight excluding hydrogens is 320 g/mol. The molecule has 0 atom stereocenters. The Morgan fingerprint density at radius 2 is 1.69 bits per heavy atom. The molecule has 1 aromatic heterocycles. The normalized spacial score (nSPS) is 11.2. The van der Waals surface area contributed by atoms with Crippen molar-refractivity contribution in [3.8, 4) is 11.4 Å². The second-order valence-corrected chi connectivity index (χ2v) is 5.99. The molecule has 4 heteroatoms. The molecule has 0 saturated heterocycles. The molecule has 0 bridgehead atoms. The quantitative estimate of drug-likeness (QED) is 0.389. The van der Waals surface area contributed by atoms with E-state index in [4.69, 9.17) is 4.98 Å². The second kappa shape index (κ2) is 8.21. The van der Waals surface area contributed by atoms with Crippen LogP contribution in [0.15, 0.2) is 78.4 Å². The van der Waals surface area contributed by atoms with Crippen molar-refractivity contribution in [3.05, 3.63) is 90.1 Å². The van der Waals surface area contributed by atoms with Crippen molar-refractivity contribution in [2.75, 3.05) is 5.43 Å². The van der Waals surface area contributed by atoms with Crippen molar-refractivity contribution in [2.24, 2.45) is 5.10 Å². The summed E-state index contributed by atoms with van der Waals surface area (Å²) >= 11 is 0. The number of hydrazone groups is 1. The molecule has 0 aliphatic heterocycles. The third kappa shape index (κ3) is 4.03. The zero-order valence-corrected chi connectivity index (χ0v) is 15.1. The minimum atomic E-state index is 0.684. The third-order valence-corrected chi connectivity index (χ3v) is 4.12. The fourth-order valence-electron chi connectivity index (χ4n) is 2.67. The summed E-state index contributed by atoms with van der Waals surface area (Å²) in [6.07, 6.45) is 2.54. The predicted octanol–water partition coefficient (Wildman–Crippen LogP) is 5.02. The van der Waals surface area contributed by atoms with Crippen molar-refractivity contribution in [2.45, 2.75) is 20.3 Å². The van der Waals surface area contributed by atoms with Crippen LogP contribution in [0.5, 0.6) is 0 Å². The molecular formula is C22H22N4. The smallest absolute Gasteiger partial charge is 0.161 e. The molecule has 0 unspecified atom stereocenters. The molecule has 26 heavy (non-hydrogen) atoms. The minimum absolute atomic E-state index is 0.684. The minimum Gasteiger partial charge on any atom is -0.261 e. The number of hydrogen-bond acceptors (Lipinski definition) is 4. The monoisotopic (exact) mass is 342 g/mol. The van der Waals surface area contributed by atoms with Gasteiger partial charge in [-0.05, 0) is 25.8 Å². The number of aromatic nitrogens is 2. The summed E-state index contributed by atoms with van der Waals surface area (Å²) in [6, 6.07) is 20.0. The maximum Gasteiger partial charge on any atom is 0.161 e. The van der Waals surface area contributed by atoms with Crippen molar-refractivity contribution in [1.82, 2.24) is 9.97 Å². The van der Waals surface area contributed by atoms with Gasteiger partial charge in [0.1, 0.15) is 0 Å². The number of hydrogen-bond donors (Lipinski definition) is 1. The van der Waals surface area contributed by atoms with Crippen LogP contribution in [0.2, 0.25) is 0 Å². The van der Waals surface area contributed by atoms with Crippen LogP contribution in [0.25, 0.3) is 11.4 Å². The van der Waals surface area contributed by atoms with E-state index >= 15 is 0 Å². The average Bonchev–Trinajstić information content (AvgIpc) is 2.69. The molecule has 0 aliphatic carbocycles. The van der Waals surface area contributed by atoms with Crippen LogP contribution >= 0.6 is 0 Å². The van der Waals surface area contributed by atoms with Crippen molar-refractivity contribution >= 4 is 11.5 Å². The zero-order valence-electron chi connectivity index (χ0n) is 15.1. The molecule has 4 nitrogen and oxygen atoms in total. The number of nitrogens with one attached hydrogen (secondary N) is 1. The van der Waals surface area contributed by atoms with E-state index in [-0.39, 0.29) is 0 Å². The van der Waals surface area contributed by atoms with Crippen LogP contribution in [0.1, 0.15) is 23.7 Å². The van der Waals surface area contributed by atoms with Crippen LogP contribution in [-0.2, 0) is 6.42 Å². The summed E-state index contributed by atoms with van der Waals surface area (Å²) in [5.41, 5.74) is 8.01. The lowest BCUT2D eigenvalue weighted by Gasteiger charge is -2.12. The molecule has 0 radical (unpaired) electrons. The van der Waals surface area contributed by atoms with E-state index in [2.05, 4.69) is 22.1 Å². The zero-order chi connectivity index (χ0) is 18.4. The van der Waals surface area contributed by atoms with Crippen LogP contribution in [0.3, 0.4) is 0 Å². The Bertz CT molecular complexity index is 916. The molecule has 1 N–H and O–H groups in total. The first-order valence-electron chi connectivity index (χ1n) is 8.58. The Balaban J connectivity index is 1.98.